The van der Waals surface area contributed by atoms with Crippen LogP contribution < -0.4 is 5.32 Å². The molecule has 0 amide bonds. The van der Waals surface area contributed by atoms with E-state index in [4.69, 9.17) is 5.26 Å². The summed E-state index contributed by atoms with van der Waals surface area (Å²) in [5.41, 5.74) is 1.98. The fraction of sp³-hybridized carbons (Fsp3) is 0.636. The van der Waals surface area contributed by atoms with Gasteiger partial charge in [0.25, 0.3) is 0 Å². The van der Waals surface area contributed by atoms with E-state index in [0.29, 0.717) is 11.0 Å². The van der Waals surface area contributed by atoms with Crippen LogP contribution in [0, 0.1) is 23.7 Å². The number of anilines is 1. The van der Waals surface area contributed by atoms with E-state index in [0.717, 1.165) is 17.2 Å². The molecule has 1 aliphatic rings. The maximum atomic E-state index is 8.97. The summed E-state index contributed by atoms with van der Waals surface area (Å²) in [4.78, 5) is 0. The molecule has 1 heterocycles. The Morgan fingerprint density at radius 2 is 2.33 bits per heavy atom. The van der Waals surface area contributed by atoms with Crippen molar-refractivity contribution in [3.63, 3.8) is 0 Å². The van der Waals surface area contributed by atoms with Crippen molar-refractivity contribution in [1.82, 2.24) is 4.37 Å². The topological polar surface area (TPSA) is 48.7 Å². The monoisotopic (exact) mass is 221 g/mol. The molecular weight excluding hydrogens is 206 g/mol. The van der Waals surface area contributed by atoms with Gasteiger partial charge in [-0.3, -0.25) is 0 Å². The number of nitriles is 1. The Balaban J connectivity index is 2.02. The molecule has 0 unspecified atom stereocenters. The highest BCUT2D eigenvalue weighted by Gasteiger charge is 2.31. The van der Waals surface area contributed by atoms with E-state index < -0.39 is 0 Å². The second kappa shape index (κ2) is 3.82. The summed E-state index contributed by atoms with van der Waals surface area (Å²) in [6.07, 6.45) is 3.92. The van der Waals surface area contributed by atoms with E-state index >= 15 is 0 Å². The first-order chi connectivity index (χ1) is 7.14. The lowest BCUT2D eigenvalue weighted by Crippen LogP contribution is -2.33. The Morgan fingerprint density at radius 1 is 1.60 bits per heavy atom. The second-order valence-corrected chi connectivity index (χ2v) is 5.38. The van der Waals surface area contributed by atoms with E-state index in [1.165, 1.54) is 30.8 Å². The van der Waals surface area contributed by atoms with E-state index in [-0.39, 0.29) is 0 Å². The van der Waals surface area contributed by atoms with Crippen LogP contribution in [-0.4, -0.2) is 10.9 Å². The summed E-state index contributed by atoms with van der Waals surface area (Å²) >= 11 is 1.39. The van der Waals surface area contributed by atoms with Gasteiger partial charge in [0, 0.05) is 6.54 Å². The molecule has 0 saturated heterocycles. The van der Waals surface area contributed by atoms with E-state index in [1.807, 2.05) is 6.92 Å². The molecular formula is C11H15N3S. The fourth-order valence-corrected chi connectivity index (χ4v) is 2.61. The zero-order valence-corrected chi connectivity index (χ0v) is 9.95. The van der Waals surface area contributed by atoms with Crippen molar-refractivity contribution in [2.24, 2.45) is 5.41 Å². The zero-order chi connectivity index (χ0) is 10.9. The highest BCUT2D eigenvalue weighted by molar-refractivity contribution is 7.10. The summed E-state index contributed by atoms with van der Waals surface area (Å²) in [5.74, 6) is 0. The third kappa shape index (κ3) is 1.98. The molecule has 0 spiro atoms. The lowest BCUT2D eigenvalue weighted by atomic mass is 9.70. The Bertz CT molecular complexity index is 398. The second-order valence-electron chi connectivity index (χ2n) is 4.60. The molecule has 1 saturated carbocycles. The van der Waals surface area contributed by atoms with Gasteiger partial charge in [-0.05, 0) is 36.7 Å². The predicted molar refractivity (Wildman–Crippen MR) is 62.0 cm³/mol. The standard InChI is InChI=1S/C11H15N3S/c1-8-9(6-12)10(15-14-8)13-7-11(2)4-3-5-11/h13H,3-5,7H2,1-2H3. The van der Waals surface area contributed by atoms with Crippen LogP contribution in [0.1, 0.15) is 37.4 Å². The number of rotatable bonds is 3. The molecule has 0 radical (unpaired) electrons. The Hall–Kier alpha value is -1.08. The van der Waals surface area contributed by atoms with Crippen molar-refractivity contribution in [2.75, 3.05) is 11.9 Å². The number of aromatic nitrogens is 1. The lowest BCUT2D eigenvalue weighted by molar-refractivity contribution is 0.180. The summed E-state index contributed by atoms with van der Waals surface area (Å²) in [6.45, 7) is 5.14. The van der Waals surface area contributed by atoms with Crippen LogP contribution >= 0.6 is 11.5 Å². The summed E-state index contributed by atoms with van der Waals surface area (Å²) in [6, 6.07) is 2.20. The van der Waals surface area contributed by atoms with Crippen molar-refractivity contribution >= 4 is 16.5 Å². The van der Waals surface area contributed by atoms with Gasteiger partial charge in [-0.2, -0.15) is 9.64 Å². The van der Waals surface area contributed by atoms with Gasteiger partial charge in [-0.1, -0.05) is 13.3 Å². The van der Waals surface area contributed by atoms with Crippen LogP contribution in [0.3, 0.4) is 0 Å². The Morgan fingerprint density at radius 3 is 2.87 bits per heavy atom. The maximum Gasteiger partial charge on any atom is 0.127 e. The maximum absolute atomic E-state index is 8.97. The molecule has 1 aromatic heterocycles. The summed E-state index contributed by atoms with van der Waals surface area (Å²) in [7, 11) is 0. The van der Waals surface area contributed by atoms with Crippen LogP contribution in [0.15, 0.2) is 0 Å². The molecule has 0 aliphatic heterocycles. The Kier molecular flexibility index (Phi) is 2.66. The quantitative estimate of drug-likeness (QED) is 0.853. The minimum Gasteiger partial charge on any atom is -0.374 e. The largest absolute Gasteiger partial charge is 0.374 e. The van der Waals surface area contributed by atoms with Gasteiger partial charge in [0.2, 0.25) is 0 Å². The van der Waals surface area contributed by atoms with E-state index in [2.05, 4.69) is 22.7 Å². The van der Waals surface area contributed by atoms with Crippen LogP contribution in [0.4, 0.5) is 5.00 Å². The SMILES string of the molecule is Cc1nsc(NCC2(C)CCC2)c1C#N. The molecule has 3 nitrogen and oxygen atoms in total. The molecule has 1 aromatic rings. The first-order valence-corrected chi connectivity index (χ1v) is 6.02. The van der Waals surface area contributed by atoms with Crippen LogP contribution in [0.25, 0.3) is 0 Å². The van der Waals surface area contributed by atoms with Gasteiger partial charge in [-0.25, -0.2) is 0 Å². The molecule has 0 bridgehead atoms. The number of hydrogen-bond acceptors (Lipinski definition) is 4. The molecule has 1 aliphatic carbocycles. The molecule has 15 heavy (non-hydrogen) atoms. The third-order valence-corrected chi connectivity index (χ3v) is 4.11. The van der Waals surface area contributed by atoms with Gasteiger partial charge >= 0.3 is 0 Å². The minimum absolute atomic E-state index is 0.435. The fourth-order valence-electron chi connectivity index (χ4n) is 1.87. The van der Waals surface area contributed by atoms with Gasteiger partial charge < -0.3 is 5.32 Å². The van der Waals surface area contributed by atoms with Gasteiger partial charge in [0.1, 0.15) is 16.6 Å². The van der Waals surface area contributed by atoms with Crippen molar-refractivity contribution in [3.8, 4) is 6.07 Å². The first kappa shape index (κ1) is 10.4. The number of hydrogen-bond donors (Lipinski definition) is 1. The first-order valence-electron chi connectivity index (χ1n) is 5.25. The molecule has 1 fully saturated rings. The number of aryl methyl sites for hydroxylation is 1. The number of nitrogens with one attached hydrogen (secondary N) is 1. The van der Waals surface area contributed by atoms with Crippen molar-refractivity contribution in [3.05, 3.63) is 11.3 Å². The average molecular weight is 221 g/mol. The van der Waals surface area contributed by atoms with Crippen LogP contribution in [0.2, 0.25) is 0 Å². The summed E-state index contributed by atoms with van der Waals surface area (Å²) in [5, 5.41) is 13.3. The van der Waals surface area contributed by atoms with Gasteiger partial charge in [0.15, 0.2) is 0 Å². The zero-order valence-electron chi connectivity index (χ0n) is 9.13. The van der Waals surface area contributed by atoms with Crippen molar-refractivity contribution < 1.29 is 0 Å². The summed E-state index contributed by atoms with van der Waals surface area (Å²) < 4.78 is 4.19. The van der Waals surface area contributed by atoms with E-state index in [1.54, 1.807) is 0 Å². The predicted octanol–water partition coefficient (Wildman–Crippen LogP) is 2.93. The lowest BCUT2D eigenvalue weighted by Gasteiger charge is -2.38. The highest BCUT2D eigenvalue weighted by atomic mass is 32.1. The smallest absolute Gasteiger partial charge is 0.127 e. The molecule has 0 atom stereocenters. The van der Waals surface area contributed by atoms with E-state index in [9.17, 15) is 0 Å². The van der Waals surface area contributed by atoms with Crippen molar-refractivity contribution in [1.29, 1.82) is 5.26 Å². The van der Waals surface area contributed by atoms with Crippen LogP contribution in [-0.2, 0) is 0 Å². The third-order valence-electron chi connectivity index (χ3n) is 3.21. The molecule has 2 rings (SSSR count). The van der Waals surface area contributed by atoms with Gasteiger partial charge in [-0.15, -0.1) is 0 Å². The van der Waals surface area contributed by atoms with Crippen molar-refractivity contribution in [2.45, 2.75) is 33.1 Å². The average Bonchev–Trinajstić information content (AvgIpc) is 2.53. The minimum atomic E-state index is 0.435. The number of nitrogens with zero attached hydrogens (tertiary/aromatic N) is 2. The Labute approximate surface area is 94.3 Å². The van der Waals surface area contributed by atoms with Crippen LogP contribution in [0.5, 0.6) is 0 Å². The molecule has 1 N–H and O–H groups in total. The normalized spacial score (nSPS) is 17.9. The molecule has 4 heteroatoms. The molecule has 0 aromatic carbocycles. The molecule has 80 valence electrons. The van der Waals surface area contributed by atoms with Gasteiger partial charge in [0.05, 0.1) is 5.69 Å². The highest BCUT2D eigenvalue weighted by Crippen LogP contribution is 2.40.